The molecule has 3 aromatic carbocycles. The molecule has 0 aliphatic rings. The molecule has 1 atom stereocenters. The first kappa shape index (κ1) is 31.6. The number of carbonyl (C=O) groups is 4. The minimum atomic E-state index is -1.21. The van der Waals surface area contributed by atoms with Crippen molar-refractivity contribution in [3.8, 4) is 5.75 Å². The fraction of sp³-hybridized carbons (Fsp3) is 0.273. The standard InChI is InChI=1S/C33H34N2O9/c1-2-3-16-40-30(36)22-41-31(37)29(35-32(38)42-20-23-10-6-4-7-11-23)17-25-19-34-28-15-14-26(18-27(25)28)44-33(39)43-21-24-12-8-5-9-13-24/h4-15,18-19,29,34H,2-3,16-17,20-22H2,1H3,(H,35,38). The number of benzene rings is 3. The van der Waals surface area contributed by atoms with E-state index in [1.54, 1.807) is 36.5 Å². The number of hydrogen-bond acceptors (Lipinski definition) is 9. The number of aromatic nitrogens is 1. The lowest BCUT2D eigenvalue weighted by Crippen LogP contribution is -2.44. The first-order chi connectivity index (χ1) is 21.4. The summed E-state index contributed by atoms with van der Waals surface area (Å²) >= 11 is 0. The van der Waals surface area contributed by atoms with Crippen molar-refractivity contribution in [3.05, 3.63) is 102 Å². The van der Waals surface area contributed by atoms with Crippen molar-refractivity contribution in [1.82, 2.24) is 10.3 Å². The molecule has 1 aromatic heterocycles. The predicted molar refractivity (Wildman–Crippen MR) is 160 cm³/mol. The van der Waals surface area contributed by atoms with E-state index in [1.165, 1.54) is 0 Å². The van der Waals surface area contributed by atoms with Gasteiger partial charge in [0.15, 0.2) is 6.61 Å². The van der Waals surface area contributed by atoms with Gasteiger partial charge < -0.3 is 34.0 Å². The van der Waals surface area contributed by atoms with Crippen LogP contribution in [-0.4, -0.2) is 48.4 Å². The molecule has 0 spiro atoms. The minimum absolute atomic E-state index is 0.00759. The Balaban J connectivity index is 1.43. The lowest BCUT2D eigenvalue weighted by atomic mass is 10.0. The third kappa shape index (κ3) is 9.90. The van der Waals surface area contributed by atoms with Crippen LogP contribution in [0.5, 0.6) is 5.75 Å². The lowest BCUT2D eigenvalue weighted by Gasteiger charge is -2.17. The number of alkyl carbamates (subject to hydrolysis) is 1. The number of fused-ring (bicyclic) bond motifs is 1. The third-order valence-corrected chi connectivity index (χ3v) is 6.45. The molecule has 4 rings (SSSR count). The van der Waals surface area contributed by atoms with E-state index in [1.807, 2.05) is 55.5 Å². The summed E-state index contributed by atoms with van der Waals surface area (Å²) in [5.74, 6) is -1.31. The van der Waals surface area contributed by atoms with E-state index >= 15 is 0 Å². The van der Waals surface area contributed by atoms with Crippen molar-refractivity contribution in [2.75, 3.05) is 13.2 Å². The van der Waals surface area contributed by atoms with E-state index < -0.39 is 36.8 Å². The van der Waals surface area contributed by atoms with Crippen LogP contribution >= 0.6 is 0 Å². The van der Waals surface area contributed by atoms with Gasteiger partial charge in [-0.3, -0.25) is 0 Å². The molecule has 0 aliphatic carbocycles. The molecule has 1 heterocycles. The number of rotatable bonds is 14. The van der Waals surface area contributed by atoms with E-state index in [-0.39, 0.29) is 32.0 Å². The largest absolute Gasteiger partial charge is 0.514 e. The number of carbonyl (C=O) groups excluding carboxylic acids is 4. The summed E-state index contributed by atoms with van der Waals surface area (Å²) < 4.78 is 26.1. The average molecular weight is 603 g/mol. The van der Waals surface area contributed by atoms with Crippen molar-refractivity contribution in [3.63, 3.8) is 0 Å². The fourth-order valence-electron chi connectivity index (χ4n) is 4.15. The zero-order valence-electron chi connectivity index (χ0n) is 24.3. The van der Waals surface area contributed by atoms with Gasteiger partial charge in [0.25, 0.3) is 0 Å². The monoisotopic (exact) mass is 602 g/mol. The van der Waals surface area contributed by atoms with Gasteiger partial charge in [0.05, 0.1) is 6.61 Å². The summed E-state index contributed by atoms with van der Waals surface area (Å²) in [5.41, 5.74) is 2.89. The Kier molecular flexibility index (Phi) is 11.7. The Labute approximate surface area is 254 Å². The first-order valence-electron chi connectivity index (χ1n) is 14.2. The number of aromatic amines is 1. The molecular formula is C33H34N2O9. The highest BCUT2D eigenvalue weighted by Crippen LogP contribution is 2.25. The maximum atomic E-state index is 13.1. The molecule has 44 heavy (non-hydrogen) atoms. The number of H-pyrrole nitrogens is 1. The van der Waals surface area contributed by atoms with Gasteiger partial charge in [0, 0.05) is 23.5 Å². The van der Waals surface area contributed by atoms with E-state index in [4.69, 9.17) is 23.7 Å². The van der Waals surface area contributed by atoms with Crippen LogP contribution in [0.2, 0.25) is 0 Å². The normalized spacial score (nSPS) is 11.3. The number of amides is 1. The summed E-state index contributed by atoms with van der Waals surface area (Å²) in [6.45, 7) is 1.63. The Bertz CT molecular complexity index is 1540. The van der Waals surface area contributed by atoms with Crippen LogP contribution in [0.15, 0.2) is 85.1 Å². The Morgan fingerprint density at radius 2 is 1.50 bits per heavy atom. The zero-order valence-corrected chi connectivity index (χ0v) is 24.3. The highest BCUT2D eigenvalue weighted by molar-refractivity contribution is 5.88. The van der Waals surface area contributed by atoms with Crippen LogP contribution in [0.1, 0.15) is 36.5 Å². The highest BCUT2D eigenvalue weighted by atomic mass is 16.7. The second-order valence-corrected chi connectivity index (χ2v) is 9.79. The lowest BCUT2D eigenvalue weighted by molar-refractivity contribution is -0.160. The molecule has 1 unspecified atom stereocenters. The van der Waals surface area contributed by atoms with Crippen molar-refractivity contribution in [2.24, 2.45) is 0 Å². The van der Waals surface area contributed by atoms with Gasteiger partial charge in [-0.2, -0.15) is 0 Å². The van der Waals surface area contributed by atoms with Crippen LogP contribution in [0.4, 0.5) is 9.59 Å². The number of esters is 2. The topological polar surface area (TPSA) is 142 Å². The summed E-state index contributed by atoms with van der Waals surface area (Å²) in [6.07, 6.45) is 1.46. The number of unbranched alkanes of at least 4 members (excludes halogenated alkanes) is 1. The molecule has 11 nitrogen and oxygen atoms in total. The van der Waals surface area contributed by atoms with Gasteiger partial charge >= 0.3 is 24.2 Å². The molecule has 0 saturated heterocycles. The van der Waals surface area contributed by atoms with Crippen LogP contribution < -0.4 is 10.1 Å². The Morgan fingerprint density at radius 3 is 2.18 bits per heavy atom. The molecule has 2 N–H and O–H groups in total. The van der Waals surface area contributed by atoms with Gasteiger partial charge in [-0.05, 0) is 41.3 Å². The third-order valence-electron chi connectivity index (χ3n) is 6.45. The number of hydrogen-bond donors (Lipinski definition) is 2. The molecule has 0 saturated carbocycles. The summed E-state index contributed by atoms with van der Waals surface area (Å²) in [7, 11) is 0. The van der Waals surface area contributed by atoms with E-state index in [2.05, 4.69) is 10.3 Å². The van der Waals surface area contributed by atoms with Gasteiger partial charge in [-0.1, -0.05) is 74.0 Å². The predicted octanol–water partition coefficient (Wildman–Crippen LogP) is 5.61. The van der Waals surface area contributed by atoms with Crippen molar-refractivity contribution < 1.29 is 42.9 Å². The van der Waals surface area contributed by atoms with Crippen LogP contribution in [0.25, 0.3) is 10.9 Å². The molecule has 1 amide bonds. The quantitative estimate of drug-likeness (QED) is 0.0815. The average Bonchev–Trinajstić information content (AvgIpc) is 3.44. The van der Waals surface area contributed by atoms with Gasteiger partial charge in [-0.25, -0.2) is 19.2 Å². The highest BCUT2D eigenvalue weighted by Gasteiger charge is 2.26. The zero-order chi connectivity index (χ0) is 31.1. The Morgan fingerprint density at radius 1 is 0.818 bits per heavy atom. The van der Waals surface area contributed by atoms with E-state index in [0.717, 1.165) is 17.5 Å². The molecule has 0 radical (unpaired) electrons. The van der Waals surface area contributed by atoms with E-state index in [9.17, 15) is 19.2 Å². The second kappa shape index (κ2) is 16.4. The first-order valence-corrected chi connectivity index (χ1v) is 14.2. The molecule has 0 fully saturated rings. The van der Waals surface area contributed by atoms with Crippen molar-refractivity contribution >= 4 is 35.1 Å². The SMILES string of the molecule is CCCCOC(=O)COC(=O)C(Cc1c[nH]c2ccc(OC(=O)OCc3ccccc3)cc12)NC(=O)OCc1ccccc1. The summed E-state index contributed by atoms with van der Waals surface area (Å²) in [5, 5.41) is 3.17. The minimum Gasteiger partial charge on any atom is -0.463 e. The smallest absolute Gasteiger partial charge is 0.463 e. The van der Waals surface area contributed by atoms with Gasteiger partial charge in [0.2, 0.25) is 0 Å². The Hall–Kier alpha value is -5.32. The molecule has 0 aliphatic heterocycles. The van der Waals surface area contributed by atoms with Gasteiger partial charge in [-0.15, -0.1) is 0 Å². The van der Waals surface area contributed by atoms with Gasteiger partial charge in [0.1, 0.15) is 25.0 Å². The summed E-state index contributed by atoms with van der Waals surface area (Å²) in [4.78, 5) is 53.1. The summed E-state index contributed by atoms with van der Waals surface area (Å²) in [6, 6.07) is 22.0. The molecular weight excluding hydrogens is 568 g/mol. The molecule has 230 valence electrons. The maximum Gasteiger partial charge on any atom is 0.514 e. The van der Waals surface area contributed by atoms with Crippen LogP contribution in [0, 0.1) is 0 Å². The molecule has 11 heteroatoms. The fourth-order valence-corrected chi connectivity index (χ4v) is 4.15. The number of nitrogens with one attached hydrogen (secondary N) is 2. The van der Waals surface area contributed by atoms with Crippen LogP contribution in [-0.2, 0) is 48.2 Å². The van der Waals surface area contributed by atoms with Crippen molar-refractivity contribution in [2.45, 2.75) is 45.4 Å². The number of ether oxygens (including phenoxy) is 5. The second-order valence-electron chi connectivity index (χ2n) is 9.79. The maximum absolute atomic E-state index is 13.1. The van der Waals surface area contributed by atoms with Crippen LogP contribution in [0.3, 0.4) is 0 Å². The molecule has 4 aromatic rings. The van der Waals surface area contributed by atoms with Crippen molar-refractivity contribution in [1.29, 1.82) is 0 Å². The molecule has 0 bridgehead atoms. The van der Waals surface area contributed by atoms with E-state index in [0.29, 0.717) is 22.9 Å².